The van der Waals surface area contributed by atoms with Crippen LogP contribution in [0.5, 0.6) is 0 Å². The molecule has 60 valence electrons. The van der Waals surface area contributed by atoms with Gasteiger partial charge in [-0.25, -0.2) is 0 Å². The molecule has 0 aromatic carbocycles. The Morgan fingerprint density at radius 3 is 2.64 bits per heavy atom. The molecule has 0 aromatic heterocycles. The molecule has 2 aliphatic rings. The van der Waals surface area contributed by atoms with Crippen molar-refractivity contribution in [1.29, 1.82) is 5.26 Å². The van der Waals surface area contributed by atoms with E-state index in [1.807, 2.05) is 0 Å². The van der Waals surface area contributed by atoms with Gasteiger partial charge in [-0.15, -0.1) is 0 Å². The molecule has 0 aliphatic heterocycles. The molecule has 2 unspecified atom stereocenters. The quantitative estimate of drug-likeness (QED) is 0.519. The Hall–Kier alpha value is -0.510. The average Bonchev–Trinajstić information content (AvgIpc) is 2.42. The summed E-state index contributed by atoms with van der Waals surface area (Å²) in [7, 11) is 0. The zero-order chi connectivity index (χ0) is 8.06. The summed E-state index contributed by atoms with van der Waals surface area (Å²) in [6.07, 6.45) is 3.97. The average molecular weight is 149 g/mol. The smallest absolute Gasteiger partial charge is 0.0664 e. The first kappa shape index (κ1) is 7.16. The molecule has 2 aliphatic carbocycles. The number of hydrogen-bond acceptors (Lipinski definition) is 1. The van der Waals surface area contributed by atoms with Gasteiger partial charge < -0.3 is 0 Å². The molecule has 0 N–H and O–H groups in total. The van der Waals surface area contributed by atoms with Gasteiger partial charge in [0.25, 0.3) is 0 Å². The molecule has 11 heavy (non-hydrogen) atoms. The van der Waals surface area contributed by atoms with E-state index in [1.165, 1.54) is 19.3 Å². The van der Waals surface area contributed by atoms with Crippen molar-refractivity contribution in [3.63, 3.8) is 0 Å². The third-order valence-electron chi connectivity index (χ3n) is 3.97. The first-order valence-corrected chi connectivity index (χ1v) is 4.57. The van der Waals surface area contributed by atoms with Crippen LogP contribution in [0, 0.1) is 34.5 Å². The molecule has 0 amide bonds. The van der Waals surface area contributed by atoms with Crippen LogP contribution in [0.4, 0.5) is 0 Å². The molecule has 0 aromatic rings. The largest absolute Gasteiger partial charge is 0.198 e. The van der Waals surface area contributed by atoms with Crippen LogP contribution in [-0.4, -0.2) is 0 Å². The van der Waals surface area contributed by atoms with E-state index in [1.54, 1.807) is 0 Å². The minimum atomic E-state index is 0.348. The second-order valence-corrected chi connectivity index (χ2v) is 4.62. The molecule has 2 rings (SSSR count). The first-order chi connectivity index (χ1) is 5.17. The maximum atomic E-state index is 8.97. The number of hydrogen-bond donors (Lipinski definition) is 0. The van der Waals surface area contributed by atoms with E-state index in [4.69, 9.17) is 5.26 Å². The Kier molecular flexibility index (Phi) is 1.30. The van der Waals surface area contributed by atoms with Crippen molar-refractivity contribution >= 4 is 0 Å². The molecule has 4 atom stereocenters. The minimum absolute atomic E-state index is 0.348. The van der Waals surface area contributed by atoms with E-state index in [0.29, 0.717) is 17.3 Å². The second-order valence-electron chi connectivity index (χ2n) is 4.62. The van der Waals surface area contributed by atoms with Crippen molar-refractivity contribution in [2.75, 3.05) is 0 Å². The van der Waals surface area contributed by atoms with Crippen LogP contribution in [-0.2, 0) is 0 Å². The maximum absolute atomic E-state index is 8.97. The van der Waals surface area contributed by atoms with Crippen molar-refractivity contribution in [2.45, 2.75) is 33.1 Å². The Balaban J connectivity index is 2.30. The van der Waals surface area contributed by atoms with Crippen molar-refractivity contribution in [3.05, 3.63) is 0 Å². The minimum Gasteiger partial charge on any atom is -0.198 e. The van der Waals surface area contributed by atoms with Gasteiger partial charge in [-0.3, -0.25) is 0 Å². The molecule has 0 saturated heterocycles. The van der Waals surface area contributed by atoms with Gasteiger partial charge in [-0.2, -0.15) is 5.26 Å². The predicted molar refractivity (Wildman–Crippen MR) is 43.7 cm³/mol. The SMILES string of the molecule is CC1C(C#N)[C@]2(C)CC[C@H]1C2. The van der Waals surface area contributed by atoms with Crippen LogP contribution >= 0.6 is 0 Å². The molecule has 0 heterocycles. The van der Waals surface area contributed by atoms with Gasteiger partial charge in [-0.1, -0.05) is 13.8 Å². The molecule has 0 radical (unpaired) electrons. The van der Waals surface area contributed by atoms with Gasteiger partial charge in [-0.05, 0) is 36.5 Å². The van der Waals surface area contributed by atoms with E-state index < -0.39 is 0 Å². The monoisotopic (exact) mass is 149 g/mol. The van der Waals surface area contributed by atoms with Crippen molar-refractivity contribution in [2.24, 2.45) is 23.2 Å². The fourth-order valence-electron chi connectivity index (χ4n) is 3.23. The molecule has 2 fully saturated rings. The number of nitriles is 1. The first-order valence-electron chi connectivity index (χ1n) is 4.57. The van der Waals surface area contributed by atoms with Crippen LogP contribution in [0.3, 0.4) is 0 Å². The zero-order valence-electron chi connectivity index (χ0n) is 7.30. The summed E-state index contributed by atoms with van der Waals surface area (Å²) in [4.78, 5) is 0. The highest BCUT2D eigenvalue weighted by atomic mass is 14.6. The van der Waals surface area contributed by atoms with E-state index in [2.05, 4.69) is 19.9 Å². The van der Waals surface area contributed by atoms with E-state index in [9.17, 15) is 0 Å². The summed E-state index contributed by atoms with van der Waals surface area (Å²) in [5.74, 6) is 1.88. The molecule has 1 nitrogen and oxygen atoms in total. The summed E-state index contributed by atoms with van der Waals surface area (Å²) in [6, 6.07) is 2.49. The number of fused-ring (bicyclic) bond motifs is 2. The lowest BCUT2D eigenvalue weighted by molar-refractivity contribution is 0.209. The molecule has 0 spiro atoms. The van der Waals surface area contributed by atoms with Crippen LogP contribution in [0.25, 0.3) is 0 Å². The number of nitrogens with zero attached hydrogens (tertiary/aromatic N) is 1. The fraction of sp³-hybridized carbons (Fsp3) is 0.900. The van der Waals surface area contributed by atoms with Gasteiger partial charge in [0.05, 0.1) is 12.0 Å². The lowest BCUT2D eigenvalue weighted by Gasteiger charge is -2.29. The summed E-state index contributed by atoms with van der Waals surface area (Å²) in [5.41, 5.74) is 0.388. The van der Waals surface area contributed by atoms with Gasteiger partial charge in [0, 0.05) is 0 Å². The van der Waals surface area contributed by atoms with Gasteiger partial charge in [0.2, 0.25) is 0 Å². The lowest BCUT2D eigenvalue weighted by atomic mass is 9.73. The van der Waals surface area contributed by atoms with Gasteiger partial charge in [0.15, 0.2) is 0 Å². The topological polar surface area (TPSA) is 23.8 Å². The summed E-state index contributed by atoms with van der Waals surface area (Å²) in [6.45, 7) is 4.55. The lowest BCUT2D eigenvalue weighted by Crippen LogP contribution is -2.25. The molecule has 2 saturated carbocycles. The van der Waals surface area contributed by atoms with Crippen molar-refractivity contribution in [3.8, 4) is 6.07 Å². The fourth-order valence-corrected chi connectivity index (χ4v) is 3.23. The van der Waals surface area contributed by atoms with E-state index >= 15 is 0 Å². The normalized spacial score (nSPS) is 54.5. The summed E-state index contributed by atoms with van der Waals surface area (Å²) >= 11 is 0. The highest BCUT2D eigenvalue weighted by Gasteiger charge is 2.53. The highest BCUT2D eigenvalue weighted by Crippen LogP contribution is 2.59. The standard InChI is InChI=1S/C10H15N/c1-7-8-3-4-10(2,5-8)9(7)6-11/h7-9H,3-5H2,1-2H3/t7?,8-,9?,10+/m0/s1. The van der Waals surface area contributed by atoms with Crippen LogP contribution < -0.4 is 0 Å². The third-order valence-corrected chi connectivity index (χ3v) is 3.97. The van der Waals surface area contributed by atoms with Crippen molar-refractivity contribution in [1.82, 2.24) is 0 Å². The van der Waals surface area contributed by atoms with Crippen LogP contribution in [0.1, 0.15) is 33.1 Å². The van der Waals surface area contributed by atoms with Crippen LogP contribution in [0.2, 0.25) is 0 Å². The molecule has 2 bridgehead atoms. The second kappa shape index (κ2) is 2.00. The Morgan fingerprint density at radius 1 is 1.55 bits per heavy atom. The Labute approximate surface area is 68.4 Å². The van der Waals surface area contributed by atoms with E-state index in [-0.39, 0.29) is 0 Å². The maximum Gasteiger partial charge on any atom is 0.0664 e. The zero-order valence-corrected chi connectivity index (χ0v) is 7.30. The van der Waals surface area contributed by atoms with Crippen LogP contribution in [0.15, 0.2) is 0 Å². The molecule has 1 heteroatoms. The van der Waals surface area contributed by atoms with Gasteiger partial charge >= 0.3 is 0 Å². The highest BCUT2D eigenvalue weighted by molar-refractivity contribution is 5.09. The molecular formula is C10H15N. The summed E-state index contributed by atoms with van der Waals surface area (Å²) < 4.78 is 0. The summed E-state index contributed by atoms with van der Waals surface area (Å²) in [5, 5.41) is 8.97. The third kappa shape index (κ3) is 0.759. The number of rotatable bonds is 0. The molecular weight excluding hydrogens is 134 g/mol. The Morgan fingerprint density at radius 2 is 2.27 bits per heavy atom. The van der Waals surface area contributed by atoms with Gasteiger partial charge in [0.1, 0.15) is 0 Å². The predicted octanol–water partition coefficient (Wildman–Crippen LogP) is 2.58. The Bertz CT molecular complexity index is 215. The van der Waals surface area contributed by atoms with E-state index in [0.717, 1.165) is 5.92 Å². The van der Waals surface area contributed by atoms with Crippen molar-refractivity contribution < 1.29 is 0 Å².